The lowest BCUT2D eigenvalue weighted by atomic mass is 9.90. The third-order valence-electron chi connectivity index (χ3n) is 12.5. The Morgan fingerprint density at radius 3 is 1.66 bits per heavy atom. The van der Waals surface area contributed by atoms with Crippen LogP contribution in [0, 0.1) is 0 Å². The van der Waals surface area contributed by atoms with Crippen LogP contribution in [-0.4, -0.2) is 0 Å². The maximum absolute atomic E-state index is 6.17. The Hall–Kier alpha value is -8.20. The van der Waals surface area contributed by atoms with Crippen LogP contribution in [0.2, 0.25) is 0 Å². The third-order valence-corrected chi connectivity index (χ3v) is 12.5. The first kappa shape index (κ1) is 35.7. The molecule has 2 heteroatoms. The monoisotopic (exact) mass is 789 g/mol. The van der Waals surface area contributed by atoms with E-state index in [1.54, 1.807) is 0 Å². The summed E-state index contributed by atoms with van der Waals surface area (Å²) in [5.74, 6) is 0. The van der Waals surface area contributed by atoms with Crippen LogP contribution in [0.25, 0.3) is 98.8 Å². The minimum atomic E-state index is 0.901. The number of fused-ring (bicyclic) bond motifs is 7. The fourth-order valence-corrected chi connectivity index (χ4v) is 9.54. The molecule has 0 bridgehead atoms. The molecule has 2 nitrogen and oxygen atoms in total. The molecule has 0 amide bonds. The zero-order valence-electron chi connectivity index (χ0n) is 33.9. The summed E-state index contributed by atoms with van der Waals surface area (Å²) in [4.78, 5) is 2.41. The van der Waals surface area contributed by atoms with Crippen molar-refractivity contribution in [2.45, 2.75) is 0 Å². The van der Waals surface area contributed by atoms with Gasteiger partial charge in [0.2, 0.25) is 0 Å². The summed E-state index contributed by atoms with van der Waals surface area (Å²) in [6.45, 7) is 0. The smallest absolute Gasteiger partial charge is 0.135 e. The fraction of sp³-hybridized carbons (Fsp3) is 0. The van der Waals surface area contributed by atoms with Gasteiger partial charge in [-0.1, -0.05) is 188 Å². The lowest BCUT2D eigenvalue weighted by Gasteiger charge is -2.29. The third kappa shape index (κ3) is 6.04. The highest BCUT2D eigenvalue weighted by Gasteiger charge is 2.20. The van der Waals surface area contributed by atoms with Crippen molar-refractivity contribution in [3.8, 4) is 44.5 Å². The van der Waals surface area contributed by atoms with E-state index < -0.39 is 0 Å². The second-order valence-electron chi connectivity index (χ2n) is 16.0. The molecule has 0 saturated carbocycles. The van der Waals surface area contributed by atoms with E-state index in [1.807, 2.05) is 12.1 Å². The summed E-state index contributed by atoms with van der Waals surface area (Å²) >= 11 is 0. The highest BCUT2D eigenvalue weighted by atomic mass is 16.3. The summed E-state index contributed by atoms with van der Waals surface area (Å²) in [5, 5.41) is 9.76. The molecule has 0 spiro atoms. The normalized spacial score (nSPS) is 11.5. The summed E-state index contributed by atoms with van der Waals surface area (Å²) in [7, 11) is 0. The van der Waals surface area contributed by atoms with Crippen molar-refractivity contribution in [3.63, 3.8) is 0 Å². The van der Waals surface area contributed by atoms with Crippen molar-refractivity contribution in [2.75, 3.05) is 4.90 Å². The number of hydrogen-bond acceptors (Lipinski definition) is 2. The maximum atomic E-state index is 6.17. The van der Waals surface area contributed by atoms with E-state index in [0.29, 0.717) is 0 Å². The van der Waals surface area contributed by atoms with Crippen molar-refractivity contribution in [2.24, 2.45) is 0 Å². The maximum Gasteiger partial charge on any atom is 0.135 e. The van der Waals surface area contributed by atoms with Gasteiger partial charge in [0.05, 0.1) is 5.69 Å². The van der Waals surface area contributed by atoms with Crippen molar-refractivity contribution in [1.82, 2.24) is 0 Å². The van der Waals surface area contributed by atoms with Gasteiger partial charge < -0.3 is 9.32 Å². The molecule has 290 valence electrons. The molecule has 0 aliphatic heterocycles. The molecule has 12 rings (SSSR count). The van der Waals surface area contributed by atoms with Crippen LogP contribution in [0.15, 0.2) is 241 Å². The van der Waals surface area contributed by atoms with Crippen LogP contribution in [-0.2, 0) is 0 Å². The second kappa shape index (κ2) is 14.8. The molecule has 11 aromatic carbocycles. The van der Waals surface area contributed by atoms with Crippen molar-refractivity contribution in [1.29, 1.82) is 0 Å². The molecule has 1 heterocycles. The number of rotatable bonds is 7. The molecule has 1 aromatic heterocycles. The molecule has 12 aromatic rings. The summed E-state index contributed by atoms with van der Waals surface area (Å²) in [5.41, 5.74) is 14.5. The van der Waals surface area contributed by atoms with Crippen molar-refractivity contribution >= 4 is 71.3 Å². The number of anilines is 3. The quantitative estimate of drug-likeness (QED) is 0.150. The van der Waals surface area contributed by atoms with Gasteiger partial charge in [0.1, 0.15) is 11.2 Å². The summed E-state index contributed by atoms with van der Waals surface area (Å²) in [6.07, 6.45) is 0. The minimum absolute atomic E-state index is 0.901. The molecule has 0 aliphatic carbocycles. The molecule has 0 saturated heterocycles. The van der Waals surface area contributed by atoms with Gasteiger partial charge in [0.25, 0.3) is 0 Å². The van der Waals surface area contributed by atoms with E-state index in [-0.39, 0.29) is 0 Å². The summed E-state index contributed by atoms with van der Waals surface area (Å²) < 4.78 is 6.17. The second-order valence-corrected chi connectivity index (χ2v) is 16.0. The largest absolute Gasteiger partial charge is 0.456 e. The van der Waals surface area contributed by atoms with Gasteiger partial charge in [-0.05, 0) is 120 Å². The molecule has 0 unspecified atom stereocenters. The van der Waals surface area contributed by atoms with Gasteiger partial charge in [-0.2, -0.15) is 0 Å². The van der Waals surface area contributed by atoms with E-state index in [9.17, 15) is 0 Å². The van der Waals surface area contributed by atoms with Gasteiger partial charge in [-0.25, -0.2) is 0 Å². The van der Waals surface area contributed by atoms with Gasteiger partial charge in [-0.15, -0.1) is 0 Å². The lowest BCUT2D eigenvalue weighted by Crippen LogP contribution is -2.11. The number of nitrogens with zero attached hydrogens (tertiary/aromatic N) is 1. The molecule has 0 aliphatic rings. The van der Waals surface area contributed by atoms with E-state index >= 15 is 0 Å². The predicted octanol–water partition coefficient (Wildman–Crippen LogP) is 17.2. The molecule has 0 fully saturated rings. The lowest BCUT2D eigenvalue weighted by molar-refractivity contribution is 0.669. The summed E-state index contributed by atoms with van der Waals surface area (Å²) in [6, 6.07) is 85.6. The first-order chi connectivity index (χ1) is 30.7. The van der Waals surface area contributed by atoms with Crippen LogP contribution < -0.4 is 4.90 Å². The van der Waals surface area contributed by atoms with E-state index in [4.69, 9.17) is 4.42 Å². The Balaban J connectivity index is 1.01. The van der Waals surface area contributed by atoms with E-state index in [0.717, 1.165) is 55.7 Å². The number of furan rings is 1. The van der Waals surface area contributed by atoms with Gasteiger partial charge >= 0.3 is 0 Å². The van der Waals surface area contributed by atoms with Crippen LogP contribution >= 0.6 is 0 Å². The topological polar surface area (TPSA) is 16.4 Å². The Morgan fingerprint density at radius 1 is 0.274 bits per heavy atom. The zero-order chi connectivity index (χ0) is 41.0. The first-order valence-corrected chi connectivity index (χ1v) is 21.2. The molecule has 0 atom stereocenters. The van der Waals surface area contributed by atoms with Gasteiger partial charge in [0, 0.05) is 27.7 Å². The van der Waals surface area contributed by atoms with E-state index in [1.165, 1.54) is 60.1 Å². The molecule has 62 heavy (non-hydrogen) atoms. The molecule has 0 N–H and O–H groups in total. The Kier molecular flexibility index (Phi) is 8.53. The zero-order valence-corrected chi connectivity index (χ0v) is 33.9. The highest BCUT2D eigenvalue weighted by molar-refractivity contribution is 6.13. The van der Waals surface area contributed by atoms with Crippen molar-refractivity contribution in [3.05, 3.63) is 237 Å². The predicted molar refractivity (Wildman–Crippen MR) is 263 cm³/mol. The molecular weight excluding hydrogens is 751 g/mol. The van der Waals surface area contributed by atoms with Crippen LogP contribution in [0.4, 0.5) is 17.1 Å². The van der Waals surface area contributed by atoms with Crippen molar-refractivity contribution < 1.29 is 4.42 Å². The number of benzene rings is 11. The molecule has 0 radical (unpaired) electrons. The molecular formula is C60H39NO. The number of para-hydroxylation sites is 2. The standard InChI is InChI=1S/C60H39NO/c1-2-13-41(14-3-1)50-22-10-16-44-17-11-24-55(60(44)50)53-19-6-8-25-57(53)61(46-33-27-40(28-34-46)45-32-38-59-56(39-45)54-20-7-9-26-58(54)62-59)47-35-29-43(30-36-47)49-21-12-23-51-48-18-5-4-15-42(48)31-37-52(49)51/h1-39H. The number of hydrogen-bond donors (Lipinski definition) is 0. The average molecular weight is 790 g/mol. The highest BCUT2D eigenvalue weighted by Crippen LogP contribution is 2.46. The Labute approximate surface area is 360 Å². The Bertz CT molecular complexity index is 3610. The van der Waals surface area contributed by atoms with Crippen LogP contribution in [0.3, 0.4) is 0 Å². The average Bonchev–Trinajstić information content (AvgIpc) is 3.72. The van der Waals surface area contributed by atoms with Gasteiger partial charge in [0.15, 0.2) is 0 Å². The fourth-order valence-electron chi connectivity index (χ4n) is 9.54. The Morgan fingerprint density at radius 2 is 0.839 bits per heavy atom. The minimum Gasteiger partial charge on any atom is -0.456 e. The van der Waals surface area contributed by atoms with Crippen LogP contribution in [0.5, 0.6) is 0 Å². The van der Waals surface area contributed by atoms with Gasteiger partial charge in [-0.3, -0.25) is 0 Å². The first-order valence-electron chi connectivity index (χ1n) is 21.2. The van der Waals surface area contributed by atoms with E-state index in [2.05, 4.69) is 229 Å². The van der Waals surface area contributed by atoms with Crippen LogP contribution in [0.1, 0.15) is 0 Å². The SMILES string of the molecule is c1ccc(-c2cccc3cccc(-c4ccccc4N(c4ccc(-c5ccc6oc7ccccc7c6c5)cc4)c4ccc(-c5cccc6c5ccc5ccccc56)cc4)c23)cc1.